The highest BCUT2D eigenvalue weighted by Crippen LogP contribution is 2.07. The molecule has 0 radical (unpaired) electrons. The van der Waals surface area contributed by atoms with Crippen molar-refractivity contribution in [2.24, 2.45) is 0 Å². The molecule has 0 heterocycles. The van der Waals surface area contributed by atoms with Crippen LogP contribution in [0.5, 0.6) is 0 Å². The Hall–Kier alpha value is -1.77. The average molecular weight is 477 g/mol. The molecule has 0 bridgehead atoms. The highest BCUT2D eigenvalue weighted by atomic mass is 79.9. The molecule has 0 aliphatic heterocycles. The number of ketones is 3. The fraction of sp³-hybridized carbons (Fsp3) is 0.750. The molecule has 2 amide bonds. The lowest BCUT2D eigenvalue weighted by Gasteiger charge is -2.19. The van der Waals surface area contributed by atoms with Crippen LogP contribution in [0.3, 0.4) is 0 Å². The predicted molar refractivity (Wildman–Crippen MR) is 113 cm³/mol. The Balaban J connectivity index is 3.73. The molecule has 29 heavy (non-hydrogen) atoms. The van der Waals surface area contributed by atoms with Crippen LogP contribution in [0, 0.1) is 0 Å². The largest absolute Gasteiger partial charge is 0.444 e. The number of carbonyl (C=O) groups excluding carboxylic acids is 5. The molecular formula is C20H33BrN2O6. The van der Waals surface area contributed by atoms with Crippen LogP contribution in [-0.4, -0.2) is 53.4 Å². The van der Waals surface area contributed by atoms with E-state index < -0.39 is 11.7 Å². The van der Waals surface area contributed by atoms with Crippen molar-refractivity contribution in [1.29, 1.82) is 0 Å². The summed E-state index contributed by atoms with van der Waals surface area (Å²) in [5.41, 5.74) is -0.565. The van der Waals surface area contributed by atoms with Gasteiger partial charge in [-0.15, -0.1) is 0 Å². The predicted octanol–water partition coefficient (Wildman–Crippen LogP) is 2.85. The van der Waals surface area contributed by atoms with Crippen LogP contribution in [0.2, 0.25) is 0 Å². The molecule has 0 aromatic heterocycles. The summed E-state index contributed by atoms with van der Waals surface area (Å²) in [6, 6.07) is 0. The SMILES string of the molecule is CC(C)(C)OC(=O)NCCCC(=O)CCC(=O)CCC(=O)CCCNC(=O)CBr. The molecule has 8 nitrogen and oxygen atoms in total. The quantitative estimate of drug-likeness (QED) is 0.277. The van der Waals surface area contributed by atoms with Crippen LogP contribution in [0.25, 0.3) is 0 Å². The highest BCUT2D eigenvalue weighted by molar-refractivity contribution is 9.09. The first-order valence-corrected chi connectivity index (χ1v) is 11.0. The van der Waals surface area contributed by atoms with Gasteiger partial charge in [0.25, 0.3) is 0 Å². The van der Waals surface area contributed by atoms with Crippen molar-refractivity contribution in [2.75, 3.05) is 18.4 Å². The van der Waals surface area contributed by atoms with E-state index >= 15 is 0 Å². The summed E-state index contributed by atoms with van der Waals surface area (Å²) in [5.74, 6) is -0.298. The van der Waals surface area contributed by atoms with Crippen molar-refractivity contribution in [2.45, 2.75) is 77.7 Å². The third kappa shape index (κ3) is 18.0. The monoisotopic (exact) mass is 476 g/mol. The van der Waals surface area contributed by atoms with Gasteiger partial charge in [-0.1, -0.05) is 15.9 Å². The van der Waals surface area contributed by atoms with Crippen LogP contribution in [0.4, 0.5) is 4.79 Å². The highest BCUT2D eigenvalue weighted by Gasteiger charge is 2.15. The first-order chi connectivity index (χ1) is 13.5. The molecule has 9 heteroatoms. The second-order valence-corrected chi connectivity index (χ2v) is 8.30. The van der Waals surface area contributed by atoms with Gasteiger partial charge in [0.05, 0.1) is 5.33 Å². The lowest BCUT2D eigenvalue weighted by Crippen LogP contribution is -2.33. The summed E-state index contributed by atoms with van der Waals surface area (Å²) in [5, 5.41) is 5.46. The number of ether oxygens (including phenoxy) is 1. The lowest BCUT2D eigenvalue weighted by atomic mass is 10.0. The van der Waals surface area contributed by atoms with Crippen molar-refractivity contribution < 1.29 is 28.7 Å². The summed E-state index contributed by atoms with van der Waals surface area (Å²) >= 11 is 3.03. The molecule has 0 unspecified atom stereocenters. The normalized spacial score (nSPS) is 10.9. The van der Waals surface area contributed by atoms with Crippen LogP contribution in [0.1, 0.15) is 72.1 Å². The summed E-state index contributed by atoms with van der Waals surface area (Å²) in [7, 11) is 0. The summed E-state index contributed by atoms with van der Waals surface area (Å²) in [6.07, 6.45) is 1.69. The number of hydrogen-bond acceptors (Lipinski definition) is 6. The van der Waals surface area contributed by atoms with Gasteiger partial charge in [0.15, 0.2) is 0 Å². The van der Waals surface area contributed by atoms with Gasteiger partial charge in [0.1, 0.15) is 23.0 Å². The number of Topliss-reactive ketones (excluding diaryl/α,β-unsaturated/α-hetero) is 3. The van der Waals surface area contributed by atoms with E-state index in [-0.39, 0.29) is 60.7 Å². The number of alkyl halides is 1. The van der Waals surface area contributed by atoms with Gasteiger partial charge in [-0.3, -0.25) is 19.2 Å². The summed E-state index contributed by atoms with van der Waals surface area (Å²) in [6.45, 7) is 6.07. The number of halogens is 1. The van der Waals surface area contributed by atoms with Gasteiger partial charge in [0, 0.05) is 51.6 Å². The van der Waals surface area contributed by atoms with Gasteiger partial charge in [-0.05, 0) is 33.6 Å². The molecule has 166 valence electrons. The fourth-order valence-corrected chi connectivity index (χ4v) is 2.48. The zero-order valence-electron chi connectivity index (χ0n) is 17.6. The van der Waals surface area contributed by atoms with Gasteiger partial charge >= 0.3 is 6.09 Å². The number of amides is 2. The minimum absolute atomic E-state index is 0.0222. The smallest absolute Gasteiger partial charge is 0.407 e. The minimum atomic E-state index is -0.565. The van der Waals surface area contributed by atoms with Gasteiger partial charge in [0.2, 0.25) is 5.91 Å². The van der Waals surface area contributed by atoms with Crippen molar-refractivity contribution in [3.05, 3.63) is 0 Å². The molecule has 0 aromatic rings. The zero-order valence-corrected chi connectivity index (χ0v) is 19.2. The van der Waals surface area contributed by atoms with Crippen molar-refractivity contribution in [3.8, 4) is 0 Å². The molecular weight excluding hydrogens is 444 g/mol. The van der Waals surface area contributed by atoms with Crippen LogP contribution < -0.4 is 10.6 Å². The van der Waals surface area contributed by atoms with Crippen LogP contribution in [-0.2, 0) is 23.9 Å². The van der Waals surface area contributed by atoms with E-state index in [1.54, 1.807) is 20.8 Å². The molecule has 0 fully saturated rings. The van der Waals surface area contributed by atoms with E-state index in [1.165, 1.54) is 0 Å². The number of alkyl carbamates (subject to hydrolysis) is 1. The Labute approximate surface area is 181 Å². The number of nitrogens with one attached hydrogen (secondary N) is 2. The maximum atomic E-state index is 11.8. The minimum Gasteiger partial charge on any atom is -0.444 e. The first kappa shape index (κ1) is 27.2. The Kier molecular flexibility index (Phi) is 14.2. The van der Waals surface area contributed by atoms with E-state index in [4.69, 9.17) is 4.74 Å². The molecule has 0 saturated heterocycles. The van der Waals surface area contributed by atoms with Crippen molar-refractivity contribution >= 4 is 45.3 Å². The fourth-order valence-electron chi connectivity index (χ4n) is 2.28. The Morgan fingerprint density at radius 2 is 1.14 bits per heavy atom. The van der Waals surface area contributed by atoms with Gasteiger partial charge < -0.3 is 15.4 Å². The number of hydrogen-bond donors (Lipinski definition) is 2. The maximum absolute atomic E-state index is 11.8. The molecule has 2 N–H and O–H groups in total. The van der Waals surface area contributed by atoms with E-state index in [0.29, 0.717) is 32.4 Å². The molecule has 0 aromatic carbocycles. The summed E-state index contributed by atoms with van der Waals surface area (Å²) in [4.78, 5) is 57.8. The van der Waals surface area contributed by atoms with Crippen molar-refractivity contribution in [3.63, 3.8) is 0 Å². The van der Waals surface area contributed by atoms with Crippen LogP contribution in [0.15, 0.2) is 0 Å². The first-order valence-electron chi connectivity index (χ1n) is 9.88. The van der Waals surface area contributed by atoms with E-state index in [9.17, 15) is 24.0 Å². The van der Waals surface area contributed by atoms with Gasteiger partial charge in [-0.25, -0.2) is 4.79 Å². The number of carbonyl (C=O) groups is 5. The van der Waals surface area contributed by atoms with E-state index in [1.807, 2.05) is 0 Å². The third-order valence-electron chi connectivity index (χ3n) is 3.74. The molecule has 0 rings (SSSR count). The zero-order chi connectivity index (χ0) is 22.3. The standard InChI is InChI=1S/C20H33BrN2O6/c1-20(2,3)29-19(28)23-13-5-7-16(25)9-11-17(26)10-8-15(24)6-4-12-22-18(27)14-21/h4-14H2,1-3H3,(H,22,27)(H,23,28). The Morgan fingerprint density at radius 3 is 1.55 bits per heavy atom. The second-order valence-electron chi connectivity index (χ2n) is 7.74. The van der Waals surface area contributed by atoms with E-state index in [0.717, 1.165) is 0 Å². The van der Waals surface area contributed by atoms with E-state index in [2.05, 4.69) is 26.6 Å². The lowest BCUT2D eigenvalue weighted by molar-refractivity contribution is -0.126. The maximum Gasteiger partial charge on any atom is 0.407 e. The second kappa shape index (κ2) is 15.1. The summed E-state index contributed by atoms with van der Waals surface area (Å²) < 4.78 is 5.09. The Bertz CT molecular complexity index is 572. The molecule has 0 aliphatic carbocycles. The molecule has 0 aliphatic rings. The average Bonchev–Trinajstić information content (AvgIpc) is 2.63. The van der Waals surface area contributed by atoms with Crippen LogP contribution >= 0.6 is 15.9 Å². The van der Waals surface area contributed by atoms with Gasteiger partial charge in [-0.2, -0.15) is 0 Å². The third-order valence-corrected chi connectivity index (χ3v) is 4.25. The molecule has 0 saturated carbocycles. The number of rotatable bonds is 15. The van der Waals surface area contributed by atoms with Crippen molar-refractivity contribution in [1.82, 2.24) is 10.6 Å². The topological polar surface area (TPSA) is 119 Å². The molecule has 0 atom stereocenters. The Morgan fingerprint density at radius 1 is 0.724 bits per heavy atom. The molecule has 0 spiro atoms.